The first kappa shape index (κ1) is 14.0. The van der Waals surface area contributed by atoms with Crippen molar-refractivity contribution in [3.8, 4) is 5.75 Å². The molecule has 0 spiro atoms. The molecule has 2 rings (SSSR count). The van der Waals surface area contributed by atoms with E-state index in [1.54, 1.807) is 18.4 Å². The third-order valence-electron chi connectivity index (χ3n) is 3.23. The molecule has 0 aliphatic rings. The van der Waals surface area contributed by atoms with Crippen molar-refractivity contribution in [1.82, 2.24) is 10.3 Å². The Labute approximate surface area is 118 Å². The highest BCUT2D eigenvalue weighted by Crippen LogP contribution is 2.28. The number of aromatic nitrogens is 1. The molecule has 1 atom stereocenters. The third kappa shape index (κ3) is 3.55. The molecule has 102 valence electrons. The van der Waals surface area contributed by atoms with Crippen LogP contribution in [0.3, 0.4) is 0 Å². The highest BCUT2D eigenvalue weighted by Gasteiger charge is 2.13. The van der Waals surface area contributed by atoms with Gasteiger partial charge in [-0.2, -0.15) is 0 Å². The molecule has 0 aliphatic heterocycles. The summed E-state index contributed by atoms with van der Waals surface area (Å²) in [5, 5.41) is 5.38. The van der Waals surface area contributed by atoms with Gasteiger partial charge in [0.2, 0.25) is 0 Å². The summed E-state index contributed by atoms with van der Waals surface area (Å²) in [4.78, 5) is 5.80. The second-order valence-electron chi connectivity index (χ2n) is 4.45. The van der Waals surface area contributed by atoms with Crippen LogP contribution in [-0.2, 0) is 12.8 Å². The van der Waals surface area contributed by atoms with E-state index < -0.39 is 0 Å². The van der Waals surface area contributed by atoms with Gasteiger partial charge in [0.1, 0.15) is 5.75 Å². The average molecular weight is 276 g/mol. The molecule has 0 saturated carbocycles. The van der Waals surface area contributed by atoms with E-state index >= 15 is 0 Å². The van der Waals surface area contributed by atoms with E-state index in [2.05, 4.69) is 35.4 Å². The van der Waals surface area contributed by atoms with Gasteiger partial charge in [0.25, 0.3) is 0 Å². The Hall–Kier alpha value is -1.39. The van der Waals surface area contributed by atoms with E-state index in [1.807, 2.05) is 18.6 Å². The zero-order valence-electron chi connectivity index (χ0n) is 11.6. The molecule has 0 radical (unpaired) electrons. The molecular formula is C15H20N2OS. The zero-order chi connectivity index (χ0) is 13.7. The van der Waals surface area contributed by atoms with E-state index in [0.717, 1.165) is 24.3 Å². The van der Waals surface area contributed by atoms with E-state index in [9.17, 15) is 0 Å². The Morgan fingerprint density at radius 1 is 1.42 bits per heavy atom. The minimum atomic E-state index is 0.286. The third-order valence-corrected chi connectivity index (χ3v) is 4.26. The van der Waals surface area contributed by atoms with Crippen LogP contribution >= 0.6 is 11.3 Å². The fourth-order valence-corrected chi connectivity index (χ4v) is 2.93. The molecule has 3 nitrogen and oxygen atoms in total. The molecule has 19 heavy (non-hydrogen) atoms. The van der Waals surface area contributed by atoms with Gasteiger partial charge in [0, 0.05) is 34.6 Å². The van der Waals surface area contributed by atoms with Crippen LogP contribution in [0.25, 0.3) is 0 Å². The van der Waals surface area contributed by atoms with Gasteiger partial charge in [0.05, 0.1) is 7.11 Å². The molecule has 0 aliphatic carbocycles. The van der Waals surface area contributed by atoms with Crippen LogP contribution in [-0.4, -0.2) is 19.1 Å². The van der Waals surface area contributed by atoms with Crippen molar-refractivity contribution in [2.45, 2.75) is 25.8 Å². The number of ether oxygens (including phenoxy) is 1. The average Bonchev–Trinajstić information content (AvgIpc) is 2.94. The van der Waals surface area contributed by atoms with E-state index in [1.165, 1.54) is 10.4 Å². The van der Waals surface area contributed by atoms with Crippen molar-refractivity contribution in [3.63, 3.8) is 0 Å². The number of aryl methyl sites for hydroxylation is 1. The van der Waals surface area contributed by atoms with Gasteiger partial charge in [0.15, 0.2) is 0 Å². The standard InChI is InChI=1S/C15H20N2OS/c1-4-11-5-6-12(17-9-11)7-14(16-2)15-8-13(18-3)10-19-15/h5-6,8-10,14,16H,4,7H2,1-3H3. The van der Waals surface area contributed by atoms with Crippen LogP contribution in [0.1, 0.15) is 29.1 Å². The van der Waals surface area contributed by atoms with Crippen molar-refractivity contribution in [2.24, 2.45) is 0 Å². The maximum absolute atomic E-state index is 5.24. The lowest BCUT2D eigenvalue weighted by atomic mass is 10.1. The molecule has 0 aromatic carbocycles. The van der Waals surface area contributed by atoms with Crippen LogP contribution in [0, 0.1) is 0 Å². The van der Waals surface area contributed by atoms with Crippen molar-refractivity contribution >= 4 is 11.3 Å². The molecule has 2 aromatic heterocycles. The van der Waals surface area contributed by atoms with Crippen LogP contribution in [0.2, 0.25) is 0 Å². The lowest BCUT2D eigenvalue weighted by molar-refractivity contribution is 0.416. The van der Waals surface area contributed by atoms with Crippen molar-refractivity contribution in [3.05, 3.63) is 45.9 Å². The number of hydrogen-bond donors (Lipinski definition) is 1. The summed E-state index contributed by atoms with van der Waals surface area (Å²) in [5.41, 5.74) is 2.39. The topological polar surface area (TPSA) is 34.1 Å². The maximum atomic E-state index is 5.24. The number of likely N-dealkylation sites (N-methyl/N-ethyl adjacent to an activating group) is 1. The molecule has 1 unspecified atom stereocenters. The van der Waals surface area contributed by atoms with E-state index in [4.69, 9.17) is 4.74 Å². The van der Waals surface area contributed by atoms with Gasteiger partial charge in [-0.05, 0) is 31.2 Å². The Morgan fingerprint density at radius 3 is 2.79 bits per heavy atom. The lowest BCUT2D eigenvalue weighted by Gasteiger charge is -2.14. The number of nitrogens with one attached hydrogen (secondary N) is 1. The van der Waals surface area contributed by atoms with Crippen molar-refractivity contribution < 1.29 is 4.74 Å². The summed E-state index contributed by atoms with van der Waals surface area (Å²) in [7, 11) is 3.68. The minimum Gasteiger partial charge on any atom is -0.496 e. The van der Waals surface area contributed by atoms with Crippen LogP contribution < -0.4 is 10.1 Å². The van der Waals surface area contributed by atoms with Gasteiger partial charge in [-0.25, -0.2) is 0 Å². The van der Waals surface area contributed by atoms with Crippen LogP contribution in [0.4, 0.5) is 0 Å². The molecular weight excluding hydrogens is 256 g/mol. The number of hydrogen-bond acceptors (Lipinski definition) is 4. The Kier molecular flexibility index (Phi) is 4.93. The van der Waals surface area contributed by atoms with Crippen molar-refractivity contribution in [1.29, 1.82) is 0 Å². The number of thiophene rings is 1. The largest absolute Gasteiger partial charge is 0.496 e. The summed E-state index contributed by atoms with van der Waals surface area (Å²) >= 11 is 1.72. The highest BCUT2D eigenvalue weighted by atomic mass is 32.1. The molecule has 4 heteroatoms. The number of pyridine rings is 1. The second kappa shape index (κ2) is 6.68. The summed E-state index contributed by atoms with van der Waals surface area (Å²) < 4.78 is 5.24. The number of rotatable bonds is 6. The van der Waals surface area contributed by atoms with E-state index in [-0.39, 0.29) is 6.04 Å². The predicted octanol–water partition coefficient (Wildman–Crippen LogP) is 3.22. The summed E-state index contributed by atoms with van der Waals surface area (Å²) in [6, 6.07) is 6.65. The SMILES string of the molecule is CCc1ccc(CC(NC)c2cc(OC)cs2)nc1. The quantitative estimate of drug-likeness (QED) is 0.879. The molecule has 0 amide bonds. The van der Waals surface area contributed by atoms with Crippen LogP contribution in [0.5, 0.6) is 5.75 Å². The molecule has 0 fully saturated rings. The number of nitrogens with zero attached hydrogens (tertiary/aromatic N) is 1. The number of methoxy groups -OCH3 is 1. The monoisotopic (exact) mass is 276 g/mol. The molecule has 2 aromatic rings. The Bertz CT molecular complexity index is 507. The summed E-state index contributed by atoms with van der Waals surface area (Å²) in [6.07, 6.45) is 3.89. The van der Waals surface area contributed by atoms with E-state index in [0.29, 0.717) is 0 Å². The van der Waals surface area contributed by atoms with Gasteiger partial charge in [-0.15, -0.1) is 11.3 Å². The predicted molar refractivity (Wildman–Crippen MR) is 80.0 cm³/mol. The Balaban J connectivity index is 2.09. The zero-order valence-corrected chi connectivity index (χ0v) is 12.5. The van der Waals surface area contributed by atoms with Crippen molar-refractivity contribution in [2.75, 3.05) is 14.2 Å². The Morgan fingerprint density at radius 2 is 2.26 bits per heavy atom. The molecule has 1 N–H and O–H groups in total. The van der Waals surface area contributed by atoms with Gasteiger partial charge in [-0.1, -0.05) is 13.0 Å². The summed E-state index contributed by atoms with van der Waals surface area (Å²) in [6.45, 7) is 2.14. The first-order chi connectivity index (χ1) is 9.26. The first-order valence-corrected chi connectivity index (χ1v) is 7.38. The normalized spacial score (nSPS) is 12.4. The maximum Gasteiger partial charge on any atom is 0.129 e. The van der Waals surface area contributed by atoms with Gasteiger partial charge in [-0.3, -0.25) is 4.98 Å². The summed E-state index contributed by atoms with van der Waals surface area (Å²) in [5.74, 6) is 0.926. The first-order valence-electron chi connectivity index (χ1n) is 6.50. The van der Waals surface area contributed by atoms with Gasteiger partial charge >= 0.3 is 0 Å². The van der Waals surface area contributed by atoms with Crippen LogP contribution in [0.15, 0.2) is 29.8 Å². The molecule has 2 heterocycles. The highest BCUT2D eigenvalue weighted by molar-refractivity contribution is 7.10. The fourth-order valence-electron chi connectivity index (χ4n) is 1.96. The van der Waals surface area contributed by atoms with Gasteiger partial charge < -0.3 is 10.1 Å². The lowest BCUT2D eigenvalue weighted by Crippen LogP contribution is -2.18. The fraction of sp³-hybridized carbons (Fsp3) is 0.400. The molecule has 0 saturated heterocycles. The second-order valence-corrected chi connectivity index (χ2v) is 5.39. The smallest absolute Gasteiger partial charge is 0.129 e. The minimum absolute atomic E-state index is 0.286. The molecule has 0 bridgehead atoms.